The van der Waals surface area contributed by atoms with Crippen LogP contribution in [-0.2, 0) is 18.3 Å². The Balaban J connectivity index is 2.14. The van der Waals surface area contributed by atoms with Crippen LogP contribution in [0.4, 0.5) is 0 Å². The van der Waals surface area contributed by atoms with E-state index in [2.05, 4.69) is 61.3 Å². The fourth-order valence-electron chi connectivity index (χ4n) is 2.45. The van der Waals surface area contributed by atoms with Crippen molar-refractivity contribution in [3.05, 3.63) is 47.2 Å². The smallest absolute Gasteiger partial charge is 0.0964 e. The highest BCUT2D eigenvalue weighted by Gasteiger charge is 2.22. The molecule has 0 atom stereocenters. The van der Waals surface area contributed by atoms with Gasteiger partial charge in [-0.2, -0.15) is 5.10 Å². The molecule has 0 unspecified atom stereocenters. The second-order valence-electron chi connectivity index (χ2n) is 6.01. The van der Waals surface area contributed by atoms with E-state index in [1.807, 2.05) is 0 Å². The minimum atomic E-state index is 0.0684. The molecule has 2 nitrogen and oxygen atoms in total. The maximum absolute atomic E-state index is 4.48. The van der Waals surface area contributed by atoms with Crippen LogP contribution in [0.3, 0.4) is 0 Å². The molecule has 1 aliphatic rings. The Hall–Kier alpha value is -1.70. The van der Waals surface area contributed by atoms with Crippen molar-refractivity contribution in [1.82, 2.24) is 10.2 Å². The molecule has 0 amide bonds. The molecule has 0 saturated heterocycles. The largest absolute Gasteiger partial charge is 0.154 e. The molecule has 18 heavy (non-hydrogen) atoms. The normalized spacial score (nSPS) is 13.9. The number of rotatable bonds is 0. The van der Waals surface area contributed by atoms with Crippen LogP contribution in [0.5, 0.6) is 0 Å². The van der Waals surface area contributed by atoms with E-state index in [0.29, 0.717) is 0 Å². The number of aromatic nitrogens is 2. The van der Waals surface area contributed by atoms with E-state index < -0.39 is 0 Å². The third-order valence-corrected chi connectivity index (χ3v) is 3.58. The van der Waals surface area contributed by atoms with Gasteiger partial charge in [-0.05, 0) is 30.0 Å². The van der Waals surface area contributed by atoms with Crippen molar-refractivity contribution in [2.45, 2.75) is 39.0 Å². The standard InChI is InChI=1S/C16H18N2/c1-16(2,3)14-10-12-9-8-11-6-4-5-7-13(11)15(12)18-17-14/h4-7,10H,8-9H2,1-3H3. The zero-order valence-corrected chi connectivity index (χ0v) is 11.2. The van der Waals surface area contributed by atoms with Gasteiger partial charge in [0.15, 0.2) is 0 Å². The molecule has 3 rings (SSSR count). The van der Waals surface area contributed by atoms with Gasteiger partial charge in [-0.25, -0.2) is 0 Å². The lowest BCUT2D eigenvalue weighted by Crippen LogP contribution is -2.17. The summed E-state index contributed by atoms with van der Waals surface area (Å²) in [6.07, 6.45) is 2.18. The zero-order chi connectivity index (χ0) is 12.8. The Bertz CT molecular complexity index is 594. The van der Waals surface area contributed by atoms with Crippen LogP contribution in [0, 0.1) is 0 Å². The Kier molecular flexibility index (Phi) is 2.47. The van der Waals surface area contributed by atoms with Crippen LogP contribution < -0.4 is 0 Å². The highest BCUT2D eigenvalue weighted by Crippen LogP contribution is 2.33. The van der Waals surface area contributed by atoms with Crippen molar-refractivity contribution in [1.29, 1.82) is 0 Å². The summed E-state index contributed by atoms with van der Waals surface area (Å²) in [5, 5.41) is 8.89. The van der Waals surface area contributed by atoms with Crippen LogP contribution in [-0.4, -0.2) is 10.2 Å². The van der Waals surface area contributed by atoms with Gasteiger partial charge in [0, 0.05) is 11.0 Å². The summed E-state index contributed by atoms with van der Waals surface area (Å²) in [5.74, 6) is 0. The van der Waals surface area contributed by atoms with Gasteiger partial charge in [-0.3, -0.25) is 0 Å². The van der Waals surface area contributed by atoms with Crippen LogP contribution >= 0.6 is 0 Å². The third kappa shape index (κ3) is 1.82. The van der Waals surface area contributed by atoms with Gasteiger partial charge in [0.1, 0.15) is 0 Å². The molecule has 92 valence electrons. The number of nitrogens with zero attached hydrogens (tertiary/aromatic N) is 2. The lowest BCUT2D eigenvalue weighted by atomic mass is 9.86. The molecular formula is C16H18N2. The van der Waals surface area contributed by atoms with E-state index in [1.165, 1.54) is 16.7 Å². The molecule has 0 fully saturated rings. The molecule has 0 bridgehead atoms. The SMILES string of the molecule is CC(C)(C)c1cc2c(nn1)-c1ccccc1CC2. The first-order valence-electron chi connectivity index (χ1n) is 6.51. The van der Waals surface area contributed by atoms with Crippen molar-refractivity contribution in [2.75, 3.05) is 0 Å². The van der Waals surface area contributed by atoms with E-state index in [0.717, 1.165) is 24.2 Å². The molecule has 0 radical (unpaired) electrons. The minimum Gasteiger partial charge on any atom is -0.154 e. The van der Waals surface area contributed by atoms with E-state index in [1.54, 1.807) is 0 Å². The summed E-state index contributed by atoms with van der Waals surface area (Å²) in [5.41, 5.74) is 6.22. The van der Waals surface area contributed by atoms with Gasteiger partial charge in [-0.15, -0.1) is 5.10 Å². The summed E-state index contributed by atoms with van der Waals surface area (Å²) in [4.78, 5) is 0. The number of hydrogen-bond donors (Lipinski definition) is 0. The Morgan fingerprint density at radius 2 is 1.67 bits per heavy atom. The highest BCUT2D eigenvalue weighted by atomic mass is 15.1. The second-order valence-corrected chi connectivity index (χ2v) is 6.01. The molecule has 0 saturated carbocycles. The molecule has 1 aromatic carbocycles. The van der Waals surface area contributed by atoms with Crippen molar-refractivity contribution < 1.29 is 0 Å². The van der Waals surface area contributed by atoms with E-state index in [4.69, 9.17) is 0 Å². The first kappa shape index (κ1) is 11.4. The van der Waals surface area contributed by atoms with Crippen molar-refractivity contribution in [3.63, 3.8) is 0 Å². The molecule has 0 N–H and O–H groups in total. The number of aryl methyl sites for hydroxylation is 2. The minimum absolute atomic E-state index is 0.0684. The number of fused-ring (bicyclic) bond motifs is 3. The lowest BCUT2D eigenvalue weighted by Gasteiger charge is -2.22. The molecule has 1 aliphatic carbocycles. The average Bonchev–Trinajstić information content (AvgIpc) is 2.37. The highest BCUT2D eigenvalue weighted by molar-refractivity contribution is 5.69. The fourth-order valence-corrected chi connectivity index (χ4v) is 2.45. The lowest BCUT2D eigenvalue weighted by molar-refractivity contribution is 0.557. The predicted molar refractivity (Wildman–Crippen MR) is 73.6 cm³/mol. The first-order valence-corrected chi connectivity index (χ1v) is 6.51. The van der Waals surface area contributed by atoms with Crippen molar-refractivity contribution in [3.8, 4) is 11.3 Å². The quantitative estimate of drug-likeness (QED) is 0.701. The van der Waals surface area contributed by atoms with Crippen molar-refractivity contribution >= 4 is 0 Å². The maximum atomic E-state index is 4.48. The average molecular weight is 238 g/mol. The first-order chi connectivity index (χ1) is 8.55. The molecule has 1 heterocycles. The predicted octanol–water partition coefficient (Wildman–Crippen LogP) is 3.54. The van der Waals surface area contributed by atoms with Gasteiger partial charge in [0.2, 0.25) is 0 Å². The molecule has 0 spiro atoms. The van der Waals surface area contributed by atoms with Gasteiger partial charge < -0.3 is 0 Å². The van der Waals surface area contributed by atoms with Crippen LogP contribution in [0.2, 0.25) is 0 Å². The topological polar surface area (TPSA) is 25.8 Å². The molecule has 0 aliphatic heterocycles. The van der Waals surface area contributed by atoms with Crippen LogP contribution in [0.15, 0.2) is 30.3 Å². The van der Waals surface area contributed by atoms with Gasteiger partial charge in [0.05, 0.1) is 11.4 Å². The number of hydrogen-bond acceptors (Lipinski definition) is 2. The molecule has 2 aromatic rings. The summed E-state index contributed by atoms with van der Waals surface area (Å²) in [7, 11) is 0. The van der Waals surface area contributed by atoms with Crippen molar-refractivity contribution in [2.24, 2.45) is 0 Å². The Morgan fingerprint density at radius 1 is 0.944 bits per heavy atom. The van der Waals surface area contributed by atoms with Gasteiger partial charge in [0.25, 0.3) is 0 Å². The van der Waals surface area contributed by atoms with E-state index in [-0.39, 0.29) is 5.41 Å². The van der Waals surface area contributed by atoms with Gasteiger partial charge in [-0.1, -0.05) is 45.0 Å². The van der Waals surface area contributed by atoms with Crippen LogP contribution in [0.1, 0.15) is 37.6 Å². The monoisotopic (exact) mass is 238 g/mol. The molecular weight excluding hydrogens is 220 g/mol. The van der Waals surface area contributed by atoms with Crippen LogP contribution in [0.25, 0.3) is 11.3 Å². The summed E-state index contributed by atoms with van der Waals surface area (Å²) >= 11 is 0. The summed E-state index contributed by atoms with van der Waals surface area (Å²) in [6.45, 7) is 6.54. The summed E-state index contributed by atoms with van der Waals surface area (Å²) < 4.78 is 0. The van der Waals surface area contributed by atoms with E-state index >= 15 is 0 Å². The van der Waals surface area contributed by atoms with Gasteiger partial charge >= 0.3 is 0 Å². The van der Waals surface area contributed by atoms with E-state index in [9.17, 15) is 0 Å². The number of benzene rings is 1. The zero-order valence-electron chi connectivity index (χ0n) is 11.2. The maximum Gasteiger partial charge on any atom is 0.0964 e. The molecule has 1 aromatic heterocycles. The Labute approximate surface area is 108 Å². The second kappa shape index (κ2) is 3.91. The third-order valence-electron chi connectivity index (χ3n) is 3.58. The fraction of sp³-hybridized carbons (Fsp3) is 0.375. The Morgan fingerprint density at radius 3 is 2.44 bits per heavy atom. The molecule has 2 heteroatoms. The summed E-state index contributed by atoms with van der Waals surface area (Å²) in [6, 6.07) is 10.8.